The summed E-state index contributed by atoms with van der Waals surface area (Å²) in [7, 11) is 0. The van der Waals surface area contributed by atoms with Crippen molar-refractivity contribution in [2.24, 2.45) is 0 Å². The van der Waals surface area contributed by atoms with Gasteiger partial charge in [-0.25, -0.2) is 0 Å². The van der Waals surface area contributed by atoms with Crippen LogP contribution in [0.3, 0.4) is 0 Å². The lowest BCUT2D eigenvalue weighted by Gasteiger charge is -2.11. The number of hydrogen-bond acceptors (Lipinski definition) is 2. The summed E-state index contributed by atoms with van der Waals surface area (Å²) in [6.45, 7) is 1.86. The SMILES string of the molecule is Cc1cccc(N)c1C(=O)Nc1ccc(Cl)cc1I. The molecule has 2 aromatic carbocycles. The van der Waals surface area contributed by atoms with Crippen molar-refractivity contribution in [3.8, 4) is 0 Å². The van der Waals surface area contributed by atoms with Gasteiger partial charge in [0.15, 0.2) is 0 Å². The first kappa shape index (κ1) is 14.1. The monoisotopic (exact) mass is 386 g/mol. The van der Waals surface area contributed by atoms with Crippen LogP contribution >= 0.6 is 34.2 Å². The fourth-order valence-electron chi connectivity index (χ4n) is 1.78. The Bertz CT molecular complexity index is 623. The number of nitrogens with one attached hydrogen (secondary N) is 1. The van der Waals surface area contributed by atoms with E-state index >= 15 is 0 Å². The van der Waals surface area contributed by atoms with Crippen LogP contribution in [0.2, 0.25) is 5.02 Å². The Hall–Kier alpha value is -1.27. The van der Waals surface area contributed by atoms with E-state index in [-0.39, 0.29) is 5.91 Å². The summed E-state index contributed by atoms with van der Waals surface area (Å²) in [4.78, 5) is 12.3. The predicted molar refractivity (Wildman–Crippen MR) is 87.7 cm³/mol. The zero-order chi connectivity index (χ0) is 14.0. The molecule has 98 valence electrons. The van der Waals surface area contributed by atoms with Gasteiger partial charge >= 0.3 is 0 Å². The molecule has 19 heavy (non-hydrogen) atoms. The maximum absolute atomic E-state index is 12.3. The van der Waals surface area contributed by atoms with Gasteiger partial charge in [-0.1, -0.05) is 23.7 Å². The topological polar surface area (TPSA) is 55.1 Å². The minimum Gasteiger partial charge on any atom is -0.398 e. The molecule has 0 saturated carbocycles. The molecule has 2 rings (SSSR count). The molecule has 0 unspecified atom stereocenters. The summed E-state index contributed by atoms with van der Waals surface area (Å²) < 4.78 is 0.880. The van der Waals surface area contributed by atoms with Crippen LogP contribution in [0, 0.1) is 10.5 Å². The van der Waals surface area contributed by atoms with E-state index in [1.807, 2.05) is 19.1 Å². The summed E-state index contributed by atoms with van der Waals surface area (Å²) in [5.74, 6) is -0.212. The molecule has 0 spiro atoms. The summed E-state index contributed by atoms with van der Waals surface area (Å²) in [6.07, 6.45) is 0. The third-order valence-corrected chi connectivity index (χ3v) is 3.84. The highest BCUT2D eigenvalue weighted by atomic mass is 127. The first-order valence-corrected chi connectivity index (χ1v) is 7.06. The van der Waals surface area contributed by atoms with Crippen LogP contribution < -0.4 is 11.1 Å². The lowest BCUT2D eigenvalue weighted by molar-refractivity contribution is 0.102. The molecule has 2 aromatic rings. The molecule has 0 atom stereocenters. The van der Waals surface area contributed by atoms with Crippen LogP contribution in [-0.2, 0) is 0 Å². The van der Waals surface area contributed by atoms with Crippen LogP contribution in [-0.4, -0.2) is 5.91 Å². The molecular weight excluding hydrogens is 375 g/mol. The number of aryl methyl sites for hydroxylation is 1. The van der Waals surface area contributed by atoms with Gasteiger partial charge in [-0.15, -0.1) is 0 Å². The average Bonchev–Trinajstić information content (AvgIpc) is 2.32. The number of rotatable bonds is 2. The number of carbonyl (C=O) groups is 1. The lowest BCUT2D eigenvalue weighted by atomic mass is 10.1. The molecule has 0 radical (unpaired) electrons. The van der Waals surface area contributed by atoms with Crippen molar-refractivity contribution >= 4 is 51.5 Å². The average molecular weight is 387 g/mol. The highest BCUT2D eigenvalue weighted by Crippen LogP contribution is 2.24. The Labute approximate surface area is 130 Å². The van der Waals surface area contributed by atoms with Crippen molar-refractivity contribution in [1.29, 1.82) is 0 Å². The van der Waals surface area contributed by atoms with Crippen molar-refractivity contribution < 1.29 is 4.79 Å². The van der Waals surface area contributed by atoms with Gasteiger partial charge in [0.05, 0.1) is 11.3 Å². The molecule has 0 aromatic heterocycles. The van der Waals surface area contributed by atoms with Crippen LogP contribution in [0.5, 0.6) is 0 Å². The summed E-state index contributed by atoms with van der Waals surface area (Å²) in [6, 6.07) is 10.7. The van der Waals surface area contributed by atoms with E-state index in [0.29, 0.717) is 16.3 Å². The predicted octanol–water partition coefficient (Wildman–Crippen LogP) is 4.09. The number of benzene rings is 2. The Morgan fingerprint density at radius 1 is 1.32 bits per heavy atom. The third kappa shape index (κ3) is 3.19. The smallest absolute Gasteiger partial charge is 0.258 e. The first-order chi connectivity index (χ1) is 8.99. The van der Waals surface area contributed by atoms with Gasteiger partial charge in [-0.05, 0) is 59.3 Å². The second kappa shape index (κ2) is 5.79. The number of hydrogen-bond donors (Lipinski definition) is 2. The van der Waals surface area contributed by atoms with Crippen LogP contribution in [0.15, 0.2) is 36.4 Å². The second-order valence-corrected chi connectivity index (χ2v) is 5.72. The van der Waals surface area contributed by atoms with Gasteiger partial charge in [0.25, 0.3) is 5.91 Å². The minimum atomic E-state index is -0.212. The molecule has 0 saturated heterocycles. The summed E-state index contributed by atoms with van der Waals surface area (Å²) in [5.41, 5.74) is 8.40. The number of halogens is 2. The van der Waals surface area contributed by atoms with E-state index in [4.69, 9.17) is 17.3 Å². The third-order valence-electron chi connectivity index (χ3n) is 2.71. The van der Waals surface area contributed by atoms with E-state index in [0.717, 1.165) is 14.8 Å². The minimum absolute atomic E-state index is 0.212. The Balaban J connectivity index is 2.31. The van der Waals surface area contributed by atoms with Crippen molar-refractivity contribution in [2.45, 2.75) is 6.92 Å². The van der Waals surface area contributed by atoms with Gasteiger partial charge in [-0.2, -0.15) is 0 Å². The first-order valence-electron chi connectivity index (χ1n) is 5.60. The van der Waals surface area contributed by atoms with Gasteiger partial charge in [0.1, 0.15) is 0 Å². The van der Waals surface area contributed by atoms with E-state index in [2.05, 4.69) is 27.9 Å². The molecule has 0 fully saturated rings. The molecule has 0 aliphatic carbocycles. The van der Waals surface area contributed by atoms with Crippen molar-refractivity contribution in [2.75, 3.05) is 11.1 Å². The maximum Gasteiger partial charge on any atom is 0.258 e. The van der Waals surface area contributed by atoms with Crippen molar-refractivity contribution in [1.82, 2.24) is 0 Å². The van der Waals surface area contributed by atoms with E-state index < -0.39 is 0 Å². The zero-order valence-electron chi connectivity index (χ0n) is 10.2. The molecule has 0 heterocycles. The molecule has 3 N–H and O–H groups in total. The van der Waals surface area contributed by atoms with E-state index in [1.54, 1.807) is 24.3 Å². The largest absolute Gasteiger partial charge is 0.398 e. The lowest BCUT2D eigenvalue weighted by Crippen LogP contribution is -2.16. The molecule has 0 aliphatic rings. The number of amides is 1. The molecule has 0 aliphatic heterocycles. The fraction of sp³-hybridized carbons (Fsp3) is 0.0714. The quantitative estimate of drug-likeness (QED) is 0.603. The fourth-order valence-corrected chi connectivity index (χ4v) is 2.78. The van der Waals surface area contributed by atoms with Crippen LogP contribution in [0.25, 0.3) is 0 Å². The standard InChI is InChI=1S/C14H12ClIN2O/c1-8-3-2-4-11(17)13(8)14(19)18-12-6-5-9(15)7-10(12)16/h2-7H,17H2,1H3,(H,18,19). The Morgan fingerprint density at radius 3 is 2.68 bits per heavy atom. The molecule has 1 amide bonds. The number of carbonyl (C=O) groups excluding carboxylic acids is 1. The Morgan fingerprint density at radius 2 is 2.05 bits per heavy atom. The summed E-state index contributed by atoms with van der Waals surface area (Å²) >= 11 is 8.01. The van der Waals surface area contributed by atoms with Gasteiger partial charge in [-0.3, -0.25) is 4.79 Å². The molecule has 3 nitrogen and oxygen atoms in total. The van der Waals surface area contributed by atoms with Gasteiger partial charge in [0.2, 0.25) is 0 Å². The van der Waals surface area contributed by atoms with Crippen LogP contribution in [0.1, 0.15) is 15.9 Å². The van der Waals surface area contributed by atoms with Gasteiger partial charge in [0, 0.05) is 14.3 Å². The van der Waals surface area contributed by atoms with Crippen LogP contribution in [0.4, 0.5) is 11.4 Å². The number of nitrogens with two attached hydrogens (primary N) is 1. The normalized spacial score (nSPS) is 10.3. The molecular formula is C14H12ClIN2O. The highest BCUT2D eigenvalue weighted by Gasteiger charge is 2.13. The summed E-state index contributed by atoms with van der Waals surface area (Å²) in [5, 5.41) is 3.49. The number of anilines is 2. The molecule has 0 bridgehead atoms. The van der Waals surface area contributed by atoms with Crippen molar-refractivity contribution in [3.63, 3.8) is 0 Å². The highest BCUT2D eigenvalue weighted by molar-refractivity contribution is 14.1. The maximum atomic E-state index is 12.3. The Kier molecular flexibility index (Phi) is 4.31. The van der Waals surface area contributed by atoms with E-state index in [1.165, 1.54) is 0 Å². The molecule has 5 heteroatoms. The number of nitrogen functional groups attached to an aromatic ring is 1. The van der Waals surface area contributed by atoms with E-state index in [9.17, 15) is 4.79 Å². The zero-order valence-corrected chi connectivity index (χ0v) is 13.1. The second-order valence-electron chi connectivity index (χ2n) is 4.12. The van der Waals surface area contributed by atoms with Gasteiger partial charge < -0.3 is 11.1 Å². The van der Waals surface area contributed by atoms with Crippen molar-refractivity contribution in [3.05, 3.63) is 56.1 Å².